The maximum Gasteiger partial charge on any atom is 0.320 e. The van der Waals surface area contributed by atoms with E-state index in [4.69, 9.17) is 5.11 Å². The number of carbonyl (C=O) groups excluding carboxylic acids is 1. The Morgan fingerprint density at radius 3 is 2.24 bits per heavy atom. The first kappa shape index (κ1) is 17.1. The normalized spacial score (nSPS) is 13.8. The van der Waals surface area contributed by atoms with Crippen molar-refractivity contribution in [3.63, 3.8) is 0 Å². The summed E-state index contributed by atoms with van der Waals surface area (Å²) in [4.78, 5) is 22.8. The number of nitrogens with one attached hydrogen (secondary N) is 2. The lowest BCUT2D eigenvalue weighted by Gasteiger charge is -2.19. The molecule has 116 valence electrons. The number of carboxylic acid groups (broad SMARTS) is 1. The number of rotatable bonds is 7. The molecular formula is C15H21FN2O3. The molecule has 0 saturated heterocycles. The third kappa shape index (κ3) is 5.51. The number of aliphatic carboxylic acids is 1. The topological polar surface area (TPSA) is 78.4 Å². The van der Waals surface area contributed by atoms with Crippen LogP contribution >= 0.6 is 0 Å². The van der Waals surface area contributed by atoms with Crippen LogP contribution < -0.4 is 10.6 Å². The van der Waals surface area contributed by atoms with Crippen molar-refractivity contribution in [2.75, 3.05) is 6.54 Å². The largest absolute Gasteiger partial charge is 0.480 e. The van der Waals surface area contributed by atoms with Crippen molar-refractivity contribution in [1.82, 2.24) is 10.6 Å². The van der Waals surface area contributed by atoms with Gasteiger partial charge in [0.15, 0.2) is 0 Å². The molecule has 6 heteroatoms. The first-order valence-electron chi connectivity index (χ1n) is 6.82. The van der Waals surface area contributed by atoms with Gasteiger partial charge in [0.05, 0.1) is 12.6 Å². The molecule has 21 heavy (non-hydrogen) atoms. The molecule has 0 saturated carbocycles. The third-order valence-corrected chi connectivity index (χ3v) is 3.16. The summed E-state index contributed by atoms with van der Waals surface area (Å²) in [5.74, 6) is -1.74. The predicted octanol–water partition coefficient (Wildman–Crippen LogP) is 1.70. The van der Waals surface area contributed by atoms with Crippen LogP contribution in [0.4, 0.5) is 4.39 Å². The van der Waals surface area contributed by atoms with Crippen LogP contribution in [0.3, 0.4) is 0 Å². The highest BCUT2D eigenvalue weighted by molar-refractivity contribution is 5.80. The highest BCUT2D eigenvalue weighted by Crippen LogP contribution is 2.12. The lowest BCUT2D eigenvalue weighted by Crippen LogP contribution is -2.46. The van der Waals surface area contributed by atoms with E-state index in [-0.39, 0.29) is 30.2 Å². The van der Waals surface area contributed by atoms with E-state index in [1.54, 1.807) is 32.9 Å². The fourth-order valence-electron chi connectivity index (χ4n) is 1.94. The van der Waals surface area contributed by atoms with E-state index >= 15 is 0 Å². The smallest absolute Gasteiger partial charge is 0.320 e. The molecule has 0 aliphatic rings. The summed E-state index contributed by atoms with van der Waals surface area (Å²) >= 11 is 0. The lowest BCUT2D eigenvalue weighted by atomic mass is 10.0. The number of carboxylic acids is 1. The molecule has 0 aliphatic heterocycles. The standard InChI is InChI=1S/C15H21FN2O3/c1-9(2)14(15(20)21)17-8-13(19)18-10(3)11-4-6-12(16)7-5-11/h4-7,9-10,14,17H,8H2,1-3H3,(H,18,19)(H,20,21). The van der Waals surface area contributed by atoms with Gasteiger partial charge in [0.1, 0.15) is 11.9 Å². The van der Waals surface area contributed by atoms with Crippen molar-refractivity contribution in [2.24, 2.45) is 5.92 Å². The number of halogens is 1. The van der Waals surface area contributed by atoms with Crippen molar-refractivity contribution in [1.29, 1.82) is 0 Å². The zero-order valence-electron chi connectivity index (χ0n) is 12.4. The van der Waals surface area contributed by atoms with E-state index in [0.29, 0.717) is 0 Å². The van der Waals surface area contributed by atoms with Crippen LogP contribution in [0.15, 0.2) is 24.3 Å². The fourth-order valence-corrected chi connectivity index (χ4v) is 1.94. The van der Waals surface area contributed by atoms with Gasteiger partial charge in [-0.2, -0.15) is 0 Å². The summed E-state index contributed by atoms with van der Waals surface area (Å²) in [6.45, 7) is 5.23. The number of carbonyl (C=O) groups is 2. The Morgan fingerprint density at radius 1 is 1.19 bits per heavy atom. The van der Waals surface area contributed by atoms with E-state index in [2.05, 4.69) is 10.6 Å². The lowest BCUT2D eigenvalue weighted by molar-refractivity contribution is -0.140. The zero-order valence-corrected chi connectivity index (χ0v) is 12.4. The third-order valence-electron chi connectivity index (χ3n) is 3.16. The number of amides is 1. The van der Waals surface area contributed by atoms with Gasteiger partial charge in [-0.25, -0.2) is 4.39 Å². The molecule has 0 spiro atoms. The van der Waals surface area contributed by atoms with E-state index in [9.17, 15) is 14.0 Å². The molecule has 0 aliphatic carbocycles. The summed E-state index contributed by atoms with van der Waals surface area (Å²) < 4.78 is 12.8. The van der Waals surface area contributed by atoms with Crippen molar-refractivity contribution in [3.8, 4) is 0 Å². The van der Waals surface area contributed by atoms with Gasteiger partial charge in [0.2, 0.25) is 5.91 Å². The summed E-state index contributed by atoms with van der Waals surface area (Å²) in [7, 11) is 0. The Labute approximate surface area is 123 Å². The number of hydrogen-bond acceptors (Lipinski definition) is 3. The summed E-state index contributed by atoms with van der Waals surface area (Å²) in [5, 5.41) is 14.5. The molecular weight excluding hydrogens is 275 g/mol. The van der Waals surface area contributed by atoms with Gasteiger partial charge in [0, 0.05) is 0 Å². The molecule has 0 fully saturated rings. The van der Waals surface area contributed by atoms with Crippen LogP contribution in [-0.4, -0.2) is 29.6 Å². The van der Waals surface area contributed by atoms with Crippen molar-refractivity contribution in [3.05, 3.63) is 35.6 Å². The minimum Gasteiger partial charge on any atom is -0.480 e. The molecule has 0 bridgehead atoms. The number of benzene rings is 1. The summed E-state index contributed by atoms with van der Waals surface area (Å²) in [6, 6.07) is 4.81. The van der Waals surface area contributed by atoms with Crippen molar-refractivity contribution in [2.45, 2.75) is 32.9 Å². The van der Waals surface area contributed by atoms with E-state index in [1.807, 2.05) is 0 Å². The first-order valence-corrected chi connectivity index (χ1v) is 6.82. The molecule has 0 heterocycles. The van der Waals surface area contributed by atoms with Gasteiger partial charge in [-0.1, -0.05) is 26.0 Å². The maximum absolute atomic E-state index is 12.8. The van der Waals surface area contributed by atoms with Crippen LogP contribution in [-0.2, 0) is 9.59 Å². The Balaban J connectivity index is 2.49. The van der Waals surface area contributed by atoms with Gasteiger partial charge in [-0.3, -0.25) is 14.9 Å². The fraction of sp³-hybridized carbons (Fsp3) is 0.467. The number of hydrogen-bond donors (Lipinski definition) is 3. The van der Waals surface area contributed by atoms with E-state index in [1.165, 1.54) is 12.1 Å². The molecule has 0 aromatic heterocycles. The molecule has 5 nitrogen and oxygen atoms in total. The highest BCUT2D eigenvalue weighted by Gasteiger charge is 2.21. The monoisotopic (exact) mass is 296 g/mol. The second kappa shape index (κ2) is 7.73. The van der Waals surface area contributed by atoms with Gasteiger partial charge < -0.3 is 10.4 Å². The van der Waals surface area contributed by atoms with Crippen LogP contribution in [0.1, 0.15) is 32.4 Å². The van der Waals surface area contributed by atoms with Crippen LogP contribution in [0, 0.1) is 11.7 Å². The van der Waals surface area contributed by atoms with Gasteiger partial charge in [-0.15, -0.1) is 0 Å². The SMILES string of the molecule is CC(NC(=O)CNC(C(=O)O)C(C)C)c1ccc(F)cc1. The molecule has 1 amide bonds. The Kier molecular flexibility index (Phi) is 6.30. The predicted molar refractivity (Wildman–Crippen MR) is 77.2 cm³/mol. The molecule has 3 N–H and O–H groups in total. The molecule has 1 aromatic carbocycles. The van der Waals surface area contributed by atoms with Gasteiger partial charge in [-0.05, 0) is 30.5 Å². The van der Waals surface area contributed by atoms with Crippen LogP contribution in [0.2, 0.25) is 0 Å². The summed E-state index contributed by atoms with van der Waals surface area (Å²) in [6.07, 6.45) is 0. The Hall–Kier alpha value is -1.95. The molecule has 1 aromatic rings. The first-order chi connectivity index (χ1) is 9.81. The van der Waals surface area contributed by atoms with Crippen LogP contribution in [0.5, 0.6) is 0 Å². The molecule has 0 radical (unpaired) electrons. The minimum atomic E-state index is -0.982. The minimum absolute atomic E-state index is 0.0827. The average molecular weight is 296 g/mol. The quantitative estimate of drug-likeness (QED) is 0.715. The molecule has 2 unspecified atom stereocenters. The van der Waals surface area contributed by atoms with E-state index < -0.39 is 12.0 Å². The van der Waals surface area contributed by atoms with E-state index in [0.717, 1.165) is 5.56 Å². The average Bonchev–Trinajstić information content (AvgIpc) is 2.38. The van der Waals surface area contributed by atoms with Crippen molar-refractivity contribution < 1.29 is 19.1 Å². The van der Waals surface area contributed by atoms with Crippen LogP contribution in [0.25, 0.3) is 0 Å². The highest BCUT2D eigenvalue weighted by atomic mass is 19.1. The second-order valence-corrected chi connectivity index (χ2v) is 5.28. The molecule has 2 atom stereocenters. The van der Waals surface area contributed by atoms with Gasteiger partial charge >= 0.3 is 5.97 Å². The summed E-state index contributed by atoms with van der Waals surface area (Å²) in [5.41, 5.74) is 0.781. The zero-order chi connectivity index (χ0) is 16.0. The Bertz CT molecular complexity index is 488. The Morgan fingerprint density at radius 2 is 1.76 bits per heavy atom. The molecule has 1 rings (SSSR count). The maximum atomic E-state index is 12.8. The van der Waals surface area contributed by atoms with Gasteiger partial charge in [0.25, 0.3) is 0 Å². The van der Waals surface area contributed by atoms with Crippen molar-refractivity contribution >= 4 is 11.9 Å². The second-order valence-electron chi connectivity index (χ2n) is 5.28.